The van der Waals surface area contributed by atoms with Gasteiger partial charge in [-0.25, -0.2) is 0 Å². The Bertz CT molecular complexity index is 168. The number of hydrogen-bond acceptors (Lipinski definition) is 3. The van der Waals surface area contributed by atoms with Gasteiger partial charge in [0, 0.05) is 6.04 Å². The van der Waals surface area contributed by atoms with E-state index >= 15 is 0 Å². The molecule has 1 saturated carbocycles. The number of halogens is 3. The van der Waals surface area contributed by atoms with Gasteiger partial charge in [-0.05, 0) is 12.8 Å². The molecule has 6 heteroatoms. The van der Waals surface area contributed by atoms with Gasteiger partial charge in [-0.3, -0.25) is 0 Å². The molecule has 1 aliphatic rings. The van der Waals surface area contributed by atoms with E-state index in [1.165, 1.54) is 0 Å². The fraction of sp³-hybridized carbons (Fsp3) is 1.00. The molecule has 1 aliphatic carbocycles. The minimum absolute atomic E-state index is 0.0226. The molecule has 0 bridgehead atoms. The maximum Gasteiger partial charge on any atom is 0.411 e. The Hall–Kier alpha value is -0.330. The maximum absolute atomic E-state index is 11.6. The summed E-state index contributed by atoms with van der Waals surface area (Å²) in [6.07, 6.45) is -2.56. The molecule has 1 rings (SSSR count). The van der Waals surface area contributed by atoms with E-state index in [4.69, 9.17) is 10.5 Å². The van der Waals surface area contributed by atoms with Gasteiger partial charge in [0.05, 0.1) is 19.3 Å². The van der Waals surface area contributed by atoms with Gasteiger partial charge in [0.25, 0.3) is 0 Å². The lowest BCUT2D eigenvalue weighted by Gasteiger charge is -2.32. The highest BCUT2D eigenvalue weighted by atomic mass is 19.4. The fourth-order valence-electron chi connectivity index (χ4n) is 1.20. The van der Waals surface area contributed by atoms with Crippen LogP contribution in [0.5, 0.6) is 0 Å². The van der Waals surface area contributed by atoms with Gasteiger partial charge < -0.3 is 15.2 Å². The summed E-state index contributed by atoms with van der Waals surface area (Å²) in [5.41, 5.74) is 5.50. The minimum Gasteiger partial charge on any atom is -0.376 e. The van der Waals surface area contributed by atoms with Gasteiger partial charge in [-0.15, -0.1) is 0 Å². The molecule has 0 amide bonds. The van der Waals surface area contributed by atoms with Gasteiger partial charge in [-0.1, -0.05) is 0 Å². The predicted molar refractivity (Wildman–Crippen MR) is 43.8 cm³/mol. The summed E-state index contributed by atoms with van der Waals surface area (Å²) in [7, 11) is 0. The summed E-state index contributed by atoms with van der Waals surface area (Å²) in [5.74, 6) is 0. The standard InChI is InChI=1S/C8H14F3NO2/c9-8(10,11)5-13-1-2-14-7-3-6(12)4-7/h6-7H,1-5,12H2. The predicted octanol–water partition coefficient (Wildman–Crippen LogP) is 1.07. The third-order valence-corrected chi connectivity index (χ3v) is 1.98. The van der Waals surface area contributed by atoms with Gasteiger partial charge in [0.15, 0.2) is 0 Å². The Morgan fingerprint density at radius 3 is 2.36 bits per heavy atom. The van der Waals surface area contributed by atoms with Crippen molar-refractivity contribution in [2.45, 2.75) is 31.2 Å². The molecule has 2 N–H and O–H groups in total. The molecule has 0 radical (unpaired) electrons. The molecule has 0 saturated heterocycles. The molecule has 84 valence electrons. The van der Waals surface area contributed by atoms with E-state index in [0.29, 0.717) is 0 Å². The van der Waals surface area contributed by atoms with Crippen molar-refractivity contribution in [3.8, 4) is 0 Å². The first-order valence-corrected chi connectivity index (χ1v) is 4.49. The van der Waals surface area contributed by atoms with Gasteiger partial charge in [0.1, 0.15) is 6.61 Å². The second kappa shape index (κ2) is 4.95. The highest BCUT2D eigenvalue weighted by Gasteiger charge is 2.28. The average molecular weight is 213 g/mol. The van der Waals surface area contributed by atoms with Crippen LogP contribution in [-0.2, 0) is 9.47 Å². The van der Waals surface area contributed by atoms with Crippen molar-refractivity contribution in [1.82, 2.24) is 0 Å². The highest BCUT2D eigenvalue weighted by molar-refractivity contribution is 4.82. The number of nitrogens with two attached hydrogens (primary N) is 1. The third-order valence-electron chi connectivity index (χ3n) is 1.98. The number of alkyl halides is 3. The van der Waals surface area contributed by atoms with Crippen LogP contribution in [0.25, 0.3) is 0 Å². The molecule has 0 aromatic carbocycles. The molecule has 14 heavy (non-hydrogen) atoms. The molecular formula is C8H14F3NO2. The Morgan fingerprint density at radius 1 is 1.21 bits per heavy atom. The molecule has 1 fully saturated rings. The largest absolute Gasteiger partial charge is 0.411 e. The van der Waals surface area contributed by atoms with Gasteiger partial charge in [-0.2, -0.15) is 13.2 Å². The van der Waals surface area contributed by atoms with Crippen LogP contribution in [0.1, 0.15) is 12.8 Å². The van der Waals surface area contributed by atoms with E-state index < -0.39 is 12.8 Å². The van der Waals surface area contributed by atoms with E-state index in [0.717, 1.165) is 12.8 Å². The lowest BCUT2D eigenvalue weighted by Crippen LogP contribution is -2.42. The molecule has 0 atom stereocenters. The van der Waals surface area contributed by atoms with Crippen LogP contribution in [-0.4, -0.2) is 38.1 Å². The van der Waals surface area contributed by atoms with Crippen LogP contribution in [0.4, 0.5) is 13.2 Å². The van der Waals surface area contributed by atoms with E-state index in [2.05, 4.69) is 4.74 Å². The number of hydrogen-bond donors (Lipinski definition) is 1. The molecule has 0 unspecified atom stereocenters. The second-order valence-electron chi connectivity index (χ2n) is 3.39. The number of ether oxygens (including phenoxy) is 2. The van der Waals surface area contributed by atoms with Crippen molar-refractivity contribution >= 4 is 0 Å². The lowest BCUT2D eigenvalue weighted by molar-refractivity contribution is -0.178. The molecule has 0 aromatic rings. The van der Waals surface area contributed by atoms with Crippen LogP contribution >= 0.6 is 0 Å². The van der Waals surface area contributed by atoms with Crippen LogP contribution in [0.2, 0.25) is 0 Å². The second-order valence-corrected chi connectivity index (χ2v) is 3.39. The van der Waals surface area contributed by atoms with Crippen molar-refractivity contribution < 1.29 is 22.6 Å². The van der Waals surface area contributed by atoms with Gasteiger partial charge >= 0.3 is 6.18 Å². The summed E-state index contributed by atoms with van der Waals surface area (Å²) in [4.78, 5) is 0. The fourth-order valence-corrected chi connectivity index (χ4v) is 1.20. The van der Waals surface area contributed by atoms with Crippen molar-refractivity contribution in [1.29, 1.82) is 0 Å². The van der Waals surface area contributed by atoms with Crippen LogP contribution in [0.3, 0.4) is 0 Å². The number of rotatable bonds is 5. The summed E-state index contributed by atoms with van der Waals surface area (Å²) in [5, 5.41) is 0. The third kappa shape index (κ3) is 4.78. The van der Waals surface area contributed by atoms with E-state index in [-0.39, 0.29) is 25.4 Å². The van der Waals surface area contributed by atoms with E-state index in [9.17, 15) is 13.2 Å². The Kier molecular flexibility index (Phi) is 4.15. The van der Waals surface area contributed by atoms with Crippen LogP contribution in [0, 0.1) is 0 Å². The van der Waals surface area contributed by atoms with Crippen molar-refractivity contribution in [2.24, 2.45) is 5.73 Å². The smallest absolute Gasteiger partial charge is 0.376 e. The van der Waals surface area contributed by atoms with Crippen LogP contribution < -0.4 is 5.73 Å². The topological polar surface area (TPSA) is 44.5 Å². The average Bonchev–Trinajstić information content (AvgIpc) is 1.98. The summed E-state index contributed by atoms with van der Waals surface area (Å²) < 4.78 is 44.3. The Balaban J connectivity index is 1.85. The van der Waals surface area contributed by atoms with Crippen molar-refractivity contribution in [2.75, 3.05) is 19.8 Å². The zero-order valence-corrected chi connectivity index (χ0v) is 7.72. The van der Waals surface area contributed by atoms with E-state index in [1.807, 2.05) is 0 Å². The van der Waals surface area contributed by atoms with Crippen molar-refractivity contribution in [3.63, 3.8) is 0 Å². The maximum atomic E-state index is 11.6. The monoisotopic (exact) mass is 213 g/mol. The van der Waals surface area contributed by atoms with E-state index in [1.54, 1.807) is 0 Å². The molecule has 0 heterocycles. The SMILES string of the molecule is NC1CC(OCCOCC(F)(F)F)C1. The first-order chi connectivity index (χ1) is 6.47. The van der Waals surface area contributed by atoms with Crippen molar-refractivity contribution in [3.05, 3.63) is 0 Å². The molecule has 0 spiro atoms. The molecule has 3 nitrogen and oxygen atoms in total. The van der Waals surface area contributed by atoms with Crippen LogP contribution in [0.15, 0.2) is 0 Å². The summed E-state index contributed by atoms with van der Waals surface area (Å²) in [6, 6.07) is 0.191. The zero-order chi connectivity index (χ0) is 10.6. The first kappa shape index (κ1) is 11.7. The summed E-state index contributed by atoms with van der Waals surface area (Å²) >= 11 is 0. The Morgan fingerprint density at radius 2 is 1.86 bits per heavy atom. The molecule has 0 aromatic heterocycles. The van der Waals surface area contributed by atoms with Gasteiger partial charge in [0.2, 0.25) is 0 Å². The summed E-state index contributed by atoms with van der Waals surface area (Å²) in [6.45, 7) is -1.03. The molecular weight excluding hydrogens is 199 g/mol. The highest BCUT2D eigenvalue weighted by Crippen LogP contribution is 2.21. The zero-order valence-electron chi connectivity index (χ0n) is 7.72. The molecule has 0 aliphatic heterocycles. The lowest BCUT2D eigenvalue weighted by atomic mass is 9.90. The first-order valence-electron chi connectivity index (χ1n) is 4.49. The Labute approximate surface area is 80.4 Å². The minimum atomic E-state index is -4.25. The normalized spacial score (nSPS) is 27.4. The quantitative estimate of drug-likeness (QED) is 0.695.